The molecule has 2 aromatic rings. The van der Waals surface area contributed by atoms with E-state index in [2.05, 4.69) is 15.4 Å². The molecule has 7 nitrogen and oxygen atoms in total. The second-order valence-electron chi connectivity index (χ2n) is 3.67. The van der Waals surface area contributed by atoms with Crippen LogP contribution in [0.15, 0.2) is 29.4 Å². The average molecular weight is 299 g/mol. The van der Waals surface area contributed by atoms with Gasteiger partial charge in [-0.2, -0.15) is 10.5 Å². The largest absolute Gasteiger partial charge is 0.497 e. The summed E-state index contributed by atoms with van der Waals surface area (Å²) in [6.45, 7) is 0.0562. The second-order valence-corrected chi connectivity index (χ2v) is 4.73. The molecule has 8 heteroatoms. The minimum absolute atomic E-state index is 0.0562. The molecule has 0 spiro atoms. The zero-order chi connectivity index (χ0) is 15.1. The maximum absolute atomic E-state index is 8.50. The first kappa shape index (κ1) is 14.4. The van der Waals surface area contributed by atoms with Gasteiger partial charge >= 0.3 is 0 Å². The lowest BCUT2D eigenvalue weighted by Gasteiger charge is -1.99. The fourth-order valence-electron chi connectivity index (χ4n) is 1.38. The van der Waals surface area contributed by atoms with Crippen molar-refractivity contribution < 1.29 is 9.57 Å². The first-order chi connectivity index (χ1) is 10.3. The van der Waals surface area contributed by atoms with E-state index in [1.165, 1.54) is 11.3 Å². The first-order valence-corrected chi connectivity index (χ1v) is 6.55. The third-order valence-corrected chi connectivity index (χ3v) is 3.31. The Bertz CT molecular complexity index is 708. The third kappa shape index (κ3) is 3.75. The van der Waals surface area contributed by atoms with E-state index >= 15 is 0 Å². The quantitative estimate of drug-likeness (QED) is 0.618. The third-order valence-electron chi connectivity index (χ3n) is 2.36. The van der Waals surface area contributed by atoms with Gasteiger partial charge in [0.1, 0.15) is 22.9 Å². The Morgan fingerprint density at radius 3 is 2.57 bits per heavy atom. The molecule has 0 amide bonds. The lowest BCUT2D eigenvalue weighted by Crippen LogP contribution is -1.92. The van der Waals surface area contributed by atoms with Gasteiger partial charge in [-0.15, -0.1) is 10.2 Å². The molecule has 2 rings (SSSR count). The molecule has 104 valence electrons. The molecular weight excluding hydrogens is 290 g/mol. The van der Waals surface area contributed by atoms with Crippen LogP contribution in [-0.4, -0.2) is 23.0 Å². The highest BCUT2D eigenvalue weighted by molar-refractivity contribution is 7.14. The Balaban J connectivity index is 2.03. The van der Waals surface area contributed by atoms with Crippen molar-refractivity contribution in [3.8, 4) is 28.5 Å². The van der Waals surface area contributed by atoms with E-state index in [4.69, 9.17) is 20.1 Å². The van der Waals surface area contributed by atoms with E-state index < -0.39 is 0 Å². The Kier molecular flexibility index (Phi) is 4.80. The fourth-order valence-corrected chi connectivity index (χ4v) is 2.13. The Hall–Kier alpha value is -2.97. The highest BCUT2D eigenvalue weighted by atomic mass is 32.1. The number of nitriles is 2. The van der Waals surface area contributed by atoms with Crippen molar-refractivity contribution in [1.82, 2.24) is 10.2 Å². The number of nitrogens with zero attached hydrogens (tertiary/aromatic N) is 5. The van der Waals surface area contributed by atoms with Crippen LogP contribution in [0.2, 0.25) is 0 Å². The van der Waals surface area contributed by atoms with Gasteiger partial charge in [0.2, 0.25) is 0 Å². The van der Waals surface area contributed by atoms with Crippen molar-refractivity contribution >= 4 is 17.0 Å². The van der Waals surface area contributed by atoms with Crippen LogP contribution in [0.25, 0.3) is 10.6 Å². The summed E-state index contributed by atoms with van der Waals surface area (Å²) < 4.78 is 5.09. The molecule has 0 atom stereocenters. The number of hydrogen-bond acceptors (Lipinski definition) is 8. The van der Waals surface area contributed by atoms with Gasteiger partial charge in [0.05, 0.1) is 7.11 Å². The van der Waals surface area contributed by atoms with Crippen LogP contribution >= 0.6 is 11.3 Å². The Labute approximate surface area is 124 Å². The number of methoxy groups -OCH3 is 1. The number of hydrogen-bond donors (Lipinski definition) is 0. The van der Waals surface area contributed by atoms with Gasteiger partial charge in [0.25, 0.3) is 5.71 Å². The molecule has 0 saturated heterocycles. The van der Waals surface area contributed by atoms with Gasteiger partial charge in [0.15, 0.2) is 11.6 Å². The molecule has 1 aromatic heterocycles. The summed E-state index contributed by atoms with van der Waals surface area (Å²) in [5, 5.41) is 29.7. The molecule has 0 aliphatic carbocycles. The van der Waals surface area contributed by atoms with Gasteiger partial charge in [0, 0.05) is 5.56 Å². The maximum atomic E-state index is 8.50. The van der Waals surface area contributed by atoms with E-state index in [1.54, 1.807) is 19.2 Å². The van der Waals surface area contributed by atoms with E-state index in [0.717, 1.165) is 16.3 Å². The van der Waals surface area contributed by atoms with Crippen LogP contribution in [0.4, 0.5) is 0 Å². The standard InChI is InChI=1S/C13H9N5O2S/c1-19-11-4-2-9(3-5-11)13-17-16-12(21-13)8-20-18-10(6-14)7-15/h2-5H,8H2,1H3. The number of benzene rings is 1. The van der Waals surface area contributed by atoms with E-state index in [0.29, 0.717) is 5.01 Å². The number of oxime groups is 1. The molecule has 0 radical (unpaired) electrons. The molecule has 1 heterocycles. The summed E-state index contributed by atoms with van der Waals surface area (Å²) >= 11 is 1.34. The maximum Gasteiger partial charge on any atom is 0.256 e. The summed E-state index contributed by atoms with van der Waals surface area (Å²) in [4.78, 5) is 4.88. The van der Waals surface area contributed by atoms with Crippen LogP contribution in [0, 0.1) is 22.7 Å². The average Bonchev–Trinajstić information content (AvgIpc) is 3.00. The highest BCUT2D eigenvalue weighted by Crippen LogP contribution is 2.25. The monoisotopic (exact) mass is 299 g/mol. The predicted octanol–water partition coefficient (Wildman–Crippen LogP) is 2.13. The van der Waals surface area contributed by atoms with Crippen LogP contribution in [0.5, 0.6) is 5.75 Å². The molecule has 0 bridgehead atoms. The molecular formula is C13H9N5O2S. The zero-order valence-corrected chi connectivity index (χ0v) is 11.8. The van der Waals surface area contributed by atoms with Crippen molar-refractivity contribution in [3.63, 3.8) is 0 Å². The van der Waals surface area contributed by atoms with E-state index in [1.807, 2.05) is 24.3 Å². The van der Waals surface area contributed by atoms with Crippen LogP contribution < -0.4 is 4.74 Å². The van der Waals surface area contributed by atoms with Crippen LogP contribution in [0.3, 0.4) is 0 Å². The van der Waals surface area contributed by atoms with Crippen molar-refractivity contribution in [2.75, 3.05) is 7.11 Å². The number of ether oxygens (including phenoxy) is 1. The summed E-state index contributed by atoms with van der Waals surface area (Å²) in [7, 11) is 1.60. The van der Waals surface area contributed by atoms with Crippen molar-refractivity contribution in [3.05, 3.63) is 29.3 Å². The fraction of sp³-hybridized carbons (Fsp3) is 0.154. The summed E-state index contributed by atoms with van der Waals surface area (Å²) in [5.74, 6) is 0.765. The Morgan fingerprint density at radius 2 is 1.95 bits per heavy atom. The van der Waals surface area contributed by atoms with Crippen LogP contribution in [0.1, 0.15) is 5.01 Å². The van der Waals surface area contributed by atoms with Gasteiger partial charge < -0.3 is 9.57 Å². The molecule has 0 aliphatic heterocycles. The smallest absolute Gasteiger partial charge is 0.256 e. The first-order valence-electron chi connectivity index (χ1n) is 5.73. The molecule has 0 aliphatic rings. The minimum atomic E-state index is -0.338. The van der Waals surface area contributed by atoms with E-state index in [9.17, 15) is 0 Å². The van der Waals surface area contributed by atoms with Gasteiger partial charge in [-0.05, 0) is 24.3 Å². The van der Waals surface area contributed by atoms with Gasteiger partial charge in [-0.1, -0.05) is 16.5 Å². The van der Waals surface area contributed by atoms with Crippen molar-refractivity contribution in [2.24, 2.45) is 5.16 Å². The van der Waals surface area contributed by atoms with Crippen molar-refractivity contribution in [1.29, 1.82) is 10.5 Å². The van der Waals surface area contributed by atoms with E-state index in [-0.39, 0.29) is 12.3 Å². The molecule has 0 saturated carbocycles. The van der Waals surface area contributed by atoms with Crippen molar-refractivity contribution in [2.45, 2.75) is 6.61 Å². The number of aromatic nitrogens is 2. The summed E-state index contributed by atoms with van der Waals surface area (Å²) in [5.41, 5.74) is 0.577. The Morgan fingerprint density at radius 1 is 1.24 bits per heavy atom. The number of rotatable bonds is 5. The lowest BCUT2D eigenvalue weighted by molar-refractivity contribution is 0.130. The van der Waals surface area contributed by atoms with Gasteiger partial charge in [-0.25, -0.2) is 0 Å². The molecule has 0 unspecified atom stereocenters. The highest BCUT2D eigenvalue weighted by Gasteiger charge is 2.07. The normalized spacial score (nSPS) is 9.29. The summed E-state index contributed by atoms with van der Waals surface area (Å²) in [6.07, 6.45) is 0. The second kappa shape index (κ2) is 6.98. The zero-order valence-electron chi connectivity index (χ0n) is 11.0. The predicted molar refractivity (Wildman–Crippen MR) is 75.3 cm³/mol. The summed E-state index contributed by atoms with van der Waals surface area (Å²) in [6, 6.07) is 10.6. The minimum Gasteiger partial charge on any atom is -0.497 e. The topological polar surface area (TPSA) is 104 Å². The van der Waals surface area contributed by atoms with Gasteiger partial charge in [-0.3, -0.25) is 0 Å². The molecule has 21 heavy (non-hydrogen) atoms. The lowest BCUT2D eigenvalue weighted by atomic mass is 10.2. The van der Waals surface area contributed by atoms with Crippen LogP contribution in [-0.2, 0) is 11.4 Å². The SMILES string of the molecule is COc1ccc(-c2nnc(CON=C(C#N)C#N)s2)cc1. The molecule has 0 fully saturated rings. The molecule has 0 N–H and O–H groups in total. The molecule has 1 aromatic carbocycles.